The average Bonchev–Trinajstić information content (AvgIpc) is 2.78. The third kappa shape index (κ3) is 4.80. The molecule has 0 saturated carbocycles. The van der Waals surface area contributed by atoms with Gasteiger partial charge in [0.1, 0.15) is 11.5 Å². The molecule has 0 radical (unpaired) electrons. The number of benzene rings is 3. The lowest BCUT2D eigenvalue weighted by Crippen LogP contribution is -2.27. The second kappa shape index (κ2) is 9.09. The van der Waals surface area contributed by atoms with E-state index in [4.69, 9.17) is 9.47 Å². The quantitative estimate of drug-likeness (QED) is 0.598. The van der Waals surface area contributed by atoms with E-state index in [1.54, 1.807) is 42.5 Å². The van der Waals surface area contributed by atoms with Crippen LogP contribution in [0.4, 0.5) is 11.4 Å². The minimum atomic E-state index is -3.85. The van der Waals surface area contributed by atoms with Crippen LogP contribution in [-0.4, -0.2) is 35.6 Å². The van der Waals surface area contributed by atoms with Crippen molar-refractivity contribution >= 4 is 27.3 Å². The number of hydrogen-bond acceptors (Lipinski definition) is 5. The highest BCUT2D eigenvalue weighted by molar-refractivity contribution is 7.92. The van der Waals surface area contributed by atoms with Crippen LogP contribution in [0.3, 0.4) is 0 Å². The molecule has 0 spiro atoms. The van der Waals surface area contributed by atoms with Crippen molar-refractivity contribution < 1.29 is 22.7 Å². The SMILES string of the molecule is COc1ccc(OC)c(NC(=O)c2cccc(S(=O)(=O)N(C)c3cccc(C)c3)c2)c1. The topological polar surface area (TPSA) is 84.9 Å². The van der Waals surface area contributed by atoms with E-state index < -0.39 is 15.9 Å². The third-order valence-electron chi connectivity index (χ3n) is 4.77. The van der Waals surface area contributed by atoms with Crippen molar-refractivity contribution in [3.05, 3.63) is 77.9 Å². The summed E-state index contributed by atoms with van der Waals surface area (Å²) in [4.78, 5) is 12.8. The van der Waals surface area contributed by atoms with Gasteiger partial charge in [0.2, 0.25) is 0 Å². The maximum absolute atomic E-state index is 13.1. The Bertz CT molecular complexity index is 1210. The lowest BCUT2D eigenvalue weighted by Gasteiger charge is -2.20. The third-order valence-corrected chi connectivity index (χ3v) is 6.56. The zero-order valence-electron chi connectivity index (χ0n) is 17.7. The molecule has 0 aliphatic heterocycles. The van der Waals surface area contributed by atoms with Crippen LogP contribution in [0, 0.1) is 6.92 Å². The first-order valence-corrected chi connectivity index (χ1v) is 10.9. The summed E-state index contributed by atoms with van der Waals surface area (Å²) in [5.74, 6) is 0.533. The molecule has 8 heteroatoms. The Morgan fingerprint density at radius 2 is 1.68 bits per heavy atom. The van der Waals surface area contributed by atoms with Crippen molar-refractivity contribution in [2.45, 2.75) is 11.8 Å². The van der Waals surface area contributed by atoms with Crippen LogP contribution in [0.2, 0.25) is 0 Å². The molecule has 3 aromatic carbocycles. The summed E-state index contributed by atoms with van der Waals surface area (Å²) in [7, 11) is 0.644. The summed E-state index contributed by atoms with van der Waals surface area (Å²) < 4.78 is 37.9. The predicted octanol–water partition coefficient (Wildman–Crippen LogP) is 4.09. The summed E-state index contributed by atoms with van der Waals surface area (Å²) >= 11 is 0. The number of methoxy groups -OCH3 is 2. The molecule has 3 aromatic rings. The van der Waals surface area contributed by atoms with Gasteiger partial charge in [-0.2, -0.15) is 0 Å². The van der Waals surface area contributed by atoms with Gasteiger partial charge in [0.05, 0.1) is 30.5 Å². The van der Waals surface area contributed by atoms with Crippen LogP contribution < -0.4 is 19.1 Å². The monoisotopic (exact) mass is 440 g/mol. The average molecular weight is 441 g/mol. The number of amides is 1. The van der Waals surface area contributed by atoms with E-state index in [1.165, 1.54) is 43.8 Å². The maximum Gasteiger partial charge on any atom is 0.264 e. The summed E-state index contributed by atoms with van der Waals surface area (Å²) in [5, 5.41) is 2.75. The largest absolute Gasteiger partial charge is 0.497 e. The van der Waals surface area contributed by atoms with Gasteiger partial charge in [0.15, 0.2) is 0 Å². The number of ether oxygens (including phenoxy) is 2. The Morgan fingerprint density at radius 3 is 2.35 bits per heavy atom. The molecule has 0 aliphatic rings. The minimum absolute atomic E-state index is 0.0155. The molecule has 1 amide bonds. The van der Waals surface area contributed by atoms with E-state index >= 15 is 0 Å². The molecule has 162 valence electrons. The molecule has 0 atom stereocenters. The van der Waals surface area contributed by atoms with Gasteiger partial charge in [-0.3, -0.25) is 9.10 Å². The zero-order valence-corrected chi connectivity index (χ0v) is 18.6. The van der Waals surface area contributed by atoms with E-state index in [2.05, 4.69) is 5.32 Å². The number of aryl methyl sites for hydroxylation is 1. The number of nitrogens with one attached hydrogen (secondary N) is 1. The number of sulfonamides is 1. The number of rotatable bonds is 7. The fourth-order valence-electron chi connectivity index (χ4n) is 3.02. The molecule has 0 unspecified atom stereocenters. The highest BCUT2D eigenvalue weighted by atomic mass is 32.2. The molecule has 1 N–H and O–H groups in total. The fraction of sp³-hybridized carbons (Fsp3) is 0.174. The standard InChI is InChI=1S/C23H24N2O5S/c1-16-7-5-9-18(13-16)25(2)31(27,28)20-10-6-8-17(14-20)23(26)24-21-15-19(29-3)11-12-22(21)30-4/h5-15H,1-4H3,(H,24,26). The van der Waals surface area contributed by atoms with Crippen LogP contribution in [0.5, 0.6) is 11.5 Å². The lowest BCUT2D eigenvalue weighted by atomic mass is 10.2. The van der Waals surface area contributed by atoms with Crippen molar-refractivity contribution in [1.29, 1.82) is 0 Å². The van der Waals surface area contributed by atoms with Gasteiger partial charge in [-0.05, 0) is 55.0 Å². The van der Waals surface area contributed by atoms with Crippen LogP contribution in [-0.2, 0) is 10.0 Å². The molecule has 0 heterocycles. The Morgan fingerprint density at radius 1 is 0.935 bits per heavy atom. The second-order valence-corrected chi connectivity index (χ2v) is 8.83. The summed E-state index contributed by atoms with van der Waals surface area (Å²) in [6, 6.07) is 18.1. The van der Waals surface area contributed by atoms with E-state index in [0.717, 1.165) is 5.56 Å². The Balaban J connectivity index is 1.90. The van der Waals surface area contributed by atoms with Gasteiger partial charge < -0.3 is 14.8 Å². The van der Waals surface area contributed by atoms with Crippen molar-refractivity contribution in [1.82, 2.24) is 0 Å². The normalized spacial score (nSPS) is 11.0. The molecule has 31 heavy (non-hydrogen) atoms. The minimum Gasteiger partial charge on any atom is -0.497 e. The van der Waals surface area contributed by atoms with Gasteiger partial charge >= 0.3 is 0 Å². The molecule has 7 nitrogen and oxygen atoms in total. The summed E-state index contributed by atoms with van der Waals surface area (Å²) in [5.41, 5.74) is 2.09. The van der Waals surface area contributed by atoms with Gasteiger partial charge in [-0.15, -0.1) is 0 Å². The van der Waals surface area contributed by atoms with Crippen molar-refractivity contribution in [3.63, 3.8) is 0 Å². The summed E-state index contributed by atoms with van der Waals surface area (Å²) in [6.07, 6.45) is 0. The summed E-state index contributed by atoms with van der Waals surface area (Å²) in [6.45, 7) is 1.89. The molecule has 0 aromatic heterocycles. The molecular weight excluding hydrogens is 416 g/mol. The second-order valence-electron chi connectivity index (χ2n) is 6.86. The molecule has 0 aliphatic carbocycles. The highest BCUT2D eigenvalue weighted by Gasteiger charge is 2.23. The Kier molecular flexibility index (Phi) is 6.50. The Hall–Kier alpha value is -3.52. The number of hydrogen-bond donors (Lipinski definition) is 1. The van der Waals surface area contributed by atoms with Crippen LogP contribution in [0.1, 0.15) is 15.9 Å². The number of nitrogens with zero attached hydrogens (tertiary/aromatic N) is 1. The van der Waals surface area contributed by atoms with E-state index in [0.29, 0.717) is 22.9 Å². The van der Waals surface area contributed by atoms with E-state index in [-0.39, 0.29) is 10.5 Å². The van der Waals surface area contributed by atoms with Crippen molar-refractivity contribution in [3.8, 4) is 11.5 Å². The molecular formula is C23H24N2O5S. The van der Waals surface area contributed by atoms with Gasteiger partial charge in [0.25, 0.3) is 15.9 Å². The van der Waals surface area contributed by atoms with E-state index in [1.807, 2.05) is 13.0 Å². The van der Waals surface area contributed by atoms with E-state index in [9.17, 15) is 13.2 Å². The number of anilines is 2. The van der Waals surface area contributed by atoms with Gasteiger partial charge in [-0.1, -0.05) is 18.2 Å². The van der Waals surface area contributed by atoms with Crippen LogP contribution in [0.15, 0.2) is 71.6 Å². The predicted molar refractivity (Wildman–Crippen MR) is 121 cm³/mol. The van der Waals surface area contributed by atoms with Gasteiger partial charge in [0, 0.05) is 18.7 Å². The number of carbonyl (C=O) groups is 1. The van der Waals surface area contributed by atoms with Crippen molar-refractivity contribution in [2.24, 2.45) is 0 Å². The van der Waals surface area contributed by atoms with Crippen LogP contribution >= 0.6 is 0 Å². The fourth-order valence-corrected chi connectivity index (χ4v) is 4.26. The Labute approximate surface area is 182 Å². The first-order valence-electron chi connectivity index (χ1n) is 9.45. The molecule has 0 fully saturated rings. The molecule has 3 rings (SSSR count). The highest BCUT2D eigenvalue weighted by Crippen LogP contribution is 2.30. The zero-order chi connectivity index (χ0) is 22.6. The molecule has 0 bridgehead atoms. The lowest BCUT2D eigenvalue weighted by molar-refractivity contribution is 0.102. The van der Waals surface area contributed by atoms with Gasteiger partial charge in [-0.25, -0.2) is 8.42 Å². The van der Waals surface area contributed by atoms with Crippen molar-refractivity contribution in [2.75, 3.05) is 30.9 Å². The smallest absolute Gasteiger partial charge is 0.264 e. The first-order chi connectivity index (χ1) is 14.8. The maximum atomic E-state index is 13.1. The molecule has 0 saturated heterocycles. The van der Waals surface area contributed by atoms with Crippen LogP contribution in [0.25, 0.3) is 0 Å². The number of carbonyl (C=O) groups excluding carboxylic acids is 1. The first kappa shape index (κ1) is 22.2.